The van der Waals surface area contributed by atoms with Gasteiger partial charge in [-0.3, -0.25) is 19.3 Å². The van der Waals surface area contributed by atoms with Crippen LogP contribution in [0.25, 0.3) is 6.08 Å². The highest BCUT2D eigenvalue weighted by Gasteiger charge is 2.35. The van der Waals surface area contributed by atoms with Crippen LogP contribution in [0.5, 0.6) is 11.5 Å². The SMILES string of the molecule is CCOc1cc(/C=C2\SC(=O)N(Cc3ccccc3)C2=O)ccc1OCC(=O)Nc1ccc(C)cc1. The molecule has 1 fully saturated rings. The van der Waals surface area contributed by atoms with Crippen molar-refractivity contribution in [2.75, 3.05) is 18.5 Å². The molecule has 7 nitrogen and oxygen atoms in total. The quantitative estimate of drug-likeness (QED) is 0.381. The van der Waals surface area contributed by atoms with E-state index in [2.05, 4.69) is 5.32 Å². The smallest absolute Gasteiger partial charge is 0.293 e. The van der Waals surface area contributed by atoms with Gasteiger partial charge in [0.2, 0.25) is 0 Å². The Bertz CT molecular complexity index is 1290. The van der Waals surface area contributed by atoms with E-state index in [9.17, 15) is 14.4 Å². The molecule has 0 spiro atoms. The van der Waals surface area contributed by atoms with E-state index < -0.39 is 0 Å². The van der Waals surface area contributed by atoms with Crippen LogP contribution in [-0.4, -0.2) is 35.2 Å². The van der Waals surface area contributed by atoms with Gasteiger partial charge in [0.15, 0.2) is 18.1 Å². The highest BCUT2D eigenvalue weighted by molar-refractivity contribution is 8.18. The molecule has 0 bridgehead atoms. The molecule has 0 saturated carbocycles. The summed E-state index contributed by atoms with van der Waals surface area (Å²) >= 11 is 0.909. The average Bonchev–Trinajstić information content (AvgIpc) is 3.13. The molecular formula is C28H26N2O5S. The summed E-state index contributed by atoms with van der Waals surface area (Å²) in [6.45, 7) is 4.25. The van der Waals surface area contributed by atoms with Crippen molar-refractivity contribution in [3.8, 4) is 11.5 Å². The molecule has 4 rings (SSSR count). The lowest BCUT2D eigenvalue weighted by molar-refractivity contribution is -0.123. The zero-order valence-electron chi connectivity index (χ0n) is 20.0. The maximum Gasteiger partial charge on any atom is 0.293 e. The fourth-order valence-electron chi connectivity index (χ4n) is 3.53. The number of anilines is 1. The number of imide groups is 1. The van der Waals surface area contributed by atoms with Crippen LogP contribution in [0, 0.1) is 6.92 Å². The molecule has 1 saturated heterocycles. The minimum atomic E-state index is -0.333. The van der Waals surface area contributed by atoms with Crippen molar-refractivity contribution in [2.24, 2.45) is 0 Å². The number of carbonyl (C=O) groups is 3. The van der Waals surface area contributed by atoms with Gasteiger partial charge in [0.1, 0.15) is 0 Å². The van der Waals surface area contributed by atoms with Crippen LogP contribution in [0.2, 0.25) is 0 Å². The lowest BCUT2D eigenvalue weighted by atomic mass is 10.1. The van der Waals surface area contributed by atoms with Gasteiger partial charge in [0.05, 0.1) is 18.1 Å². The maximum atomic E-state index is 12.9. The molecule has 1 N–H and O–H groups in total. The lowest BCUT2D eigenvalue weighted by Gasteiger charge is -2.13. The van der Waals surface area contributed by atoms with Gasteiger partial charge in [0, 0.05) is 5.69 Å². The molecule has 0 aliphatic carbocycles. The Labute approximate surface area is 214 Å². The average molecular weight is 503 g/mol. The van der Waals surface area contributed by atoms with E-state index in [1.54, 1.807) is 24.3 Å². The van der Waals surface area contributed by atoms with Crippen LogP contribution in [0.3, 0.4) is 0 Å². The van der Waals surface area contributed by atoms with Crippen molar-refractivity contribution in [2.45, 2.75) is 20.4 Å². The van der Waals surface area contributed by atoms with Crippen molar-refractivity contribution in [1.29, 1.82) is 0 Å². The van der Waals surface area contributed by atoms with Crippen LogP contribution in [0.1, 0.15) is 23.6 Å². The summed E-state index contributed by atoms with van der Waals surface area (Å²) < 4.78 is 11.4. The topological polar surface area (TPSA) is 84.9 Å². The van der Waals surface area contributed by atoms with Gasteiger partial charge in [-0.15, -0.1) is 0 Å². The Morgan fingerprint density at radius 1 is 0.972 bits per heavy atom. The van der Waals surface area contributed by atoms with Crippen molar-refractivity contribution >= 4 is 40.6 Å². The molecular weight excluding hydrogens is 476 g/mol. The first kappa shape index (κ1) is 25.1. The van der Waals surface area contributed by atoms with Crippen LogP contribution < -0.4 is 14.8 Å². The molecule has 36 heavy (non-hydrogen) atoms. The maximum absolute atomic E-state index is 12.9. The van der Waals surface area contributed by atoms with Gasteiger partial charge >= 0.3 is 0 Å². The third-order valence-electron chi connectivity index (χ3n) is 5.32. The number of amides is 3. The largest absolute Gasteiger partial charge is 0.490 e. The van der Waals surface area contributed by atoms with Crippen molar-refractivity contribution in [3.63, 3.8) is 0 Å². The van der Waals surface area contributed by atoms with E-state index in [0.29, 0.717) is 34.3 Å². The van der Waals surface area contributed by atoms with Crippen molar-refractivity contribution in [3.05, 3.63) is 94.4 Å². The summed E-state index contributed by atoms with van der Waals surface area (Å²) in [7, 11) is 0. The van der Waals surface area contributed by atoms with Crippen LogP contribution >= 0.6 is 11.8 Å². The van der Waals surface area contributed by atoms with E-state index >= 15 is 0 Å². The monoisotopic (exact) mass is 502 g/mol. The van der Waals surface area contributed by atoms with E-state index in [1.807, 2.05) is 68.4 Å². The molecule has 1 heterocycles. The molecule has 0 radical (unpaired) electrons. The number of hydrogen-bond acceptors (Lipinski definition) is 6. The first-order chi connectivity index (χ1) is 17.4. The zero-order valence-corrected chi connectivity index (χ0v) is 20.8. The molecule has 0 atom stereocenters. The van der Waals surface area contributed by atoms with Gasteiger partial charge in [-0.05, 0) is 67.1 Å². The molecule has 184 valence electrons. The van der Waals surface area contributed by atoms with Gasteiger partial charge in [-0.1, -0.05) is 54.1 Å². The van der Waals surface area contributed by atoms with Crippen molar-refractivity contribution in [1.82, 2.24) is 4.90 Å². The van der Waals surface area contributed by atoms with Gasteiger partial charge in [0.25, 0.3) is 17.1 Å². The molecule has 0 unspecified atom stereocenters. The summed E-state index contributed by atoms with van der Waals surface area (Å²) in [4.78, 5) is 39.2. The second kappa shape index (κ2) is 11.6. The predicted molar refractivity (Wildman–Crippen MR) is 141 cm³/mol. The van der Waals surface area contributed by atoms with Gasteiger partial charge < -0.3 is 14.8 Å². The molecule has 0 aromatic heterocycles. The van der Waals surface area contributed by atoms with E-state index in [0.717, 1.165) is 22.9 Å². The third-order valence-corrected chi connectivity index (χ3v) is 6.22. The molecule has 3 amide bonds. The minimum absolute atomic E-state index is 0.189. The first-order valence-corrected chi connectivity index (χ1v) is 12.3. The first-order valence-electron chi connectivity index (χ1n) is 11.5. The van der Waals surface area contributed by atoms with Crippen molar-refractivity contribution < 1.29 is 23.9 Å². The summed E-state index contributed by atoms with van der Waals surface area (Å²) in [6.07, 6.45) is 1.66. The Morgan fingerprint density at radius 2 is 1.72 bits per heavy atom. The number of nitrogens with zero attached hydrogens (tertiary/aromatic N) is 1. The van der Waals surface area contributed by atoms with Crippen LogP contribution in [0.15, 0.2) is 77.7 Å². The number of carbonyl (C=O) groups excluding carboxylic acids is 3. The molecule has 8 heteroatoms. The Kier molecular flexibility index (Phi) is 8.07. The fourth-order valence-corrected chi connectivity index (χ4v) is 4.37. The standard InChI is InChI=1S/C28H26N2O5S/c1-3-34-24-15-21(11-14-23(24)35-18-26(31)29-22-12-9-19(2)10-13-22)16-25-27(32)30(28(33)36-25)17-20-7-5-4-6-8-20/h4-16H,3,17-18H2,1-2H3,(H,29,31)/b25-16-. The highest BCUT2D eigenvalue weighted by Crippen LogP contribution is 2.35. The summed E-state index contributed by atoms with van der Waals surface area (Å²) in [5.74, 6) is 0.223. The third kappa shape index (κ3) is 6.34. The fraction of sp³-hybridized carbons (Fsp3) is 0.179. The number of ether oxygens (including phenoxy) is 2. The Morgan fingerprint density at radius 3 is 2.44 bits per heavy atom. The van der Waals surface area contributed by atoms with E-state index in [-0.39, 0.29) is 30.2 Å². The second-order valence-electron chi connectivity index (χ2n) is 8.10. The zero-order chi connectivity index (χ0) is 25.5. The minimum Gasteiger partial charge on any atom is -0.490 e. The van der Waals surface area contributed by atoms with Gasteiger partial charge in [-0.2, -0.15) is 0 Å². The van der Waals surface area contributed by atoms with E-state index in [4.69, 9.17) is 9.47 Å². The number of benzene rings is 3. The number of aryl methyl sites for hydroxylation is 1. The van der Waals surface area contributed by atoms with E-state index in [1.165, 1.54) is 4.90 Å². The Balaban J connectivity index is 1.43. The Hall–Kier alpha value is -4.04. The molecule has 1 aliphatic rings. The summed E-state index contributed by atoms with van der Waals surface area (Å²) in [5, 5.41) is 2.48. The number of rotatable bonds is 9. The number of nitrogens with one attached hydrogen (secondary N) is 1. The number of thioether (sulfide) groups is 1. The summed E-state index contributed by atoms with van der Waals surface area (Å²) in [5.41, 5.74) is 3.36. The molecule has 3 aromatic carbocycles. The second-order valence-corrected chi connectivity index (χ2v) is 9.09. The number of hydrogen-bond donors (Lipinski definition) is 1. The predicted octanol–water partition coefficient (Wildman–Crippen LogP) is 5.65. The highest BCUT2D eigenvalue weighted by atomic mass is 32.2. The van der Waals surface area contributed by atoms with Crippen LogP contribution in [-0.2, 0) is 16.1 Å². The van der Waals surface area contributed by atoms with Crippen LogP contribution in [0.4, 0.5) is 10.5 Å². The molecule has 1 aliphatic heterocycles. The normalized spacial score (nSPS) is 14.3. The summed E-state index contributed by atoms with van der Waals surface area (Å²) in [6, 6.07) is 22.0. The lowest BCUT2D eigenvalue weighted by Crippen LogP contribution is -2.27. The van der Waals surface area contributed by atoms with Gasteiger partial charge in [-0.25, -0.2) is 0 Å². The molecule has 3 aromatic rings.